The molecule has 1 aliphatic rings. The molecule has 18 heavy (non-hydrogen) atoms. The number of nitrogens with zero attached hydrogens (tertiary/aromatic N) is 3. The summed E-state index contributed by atoms with van der Waals surface area (Å²) in [6.07, 6.45) is 3.90. The van der Waals surface area contributed by atoms with Gasteiger partial charge >= 0.3 is 0 Å². The molecule has 1 aliphatic heterocycles. The topological polar surface area (TPSA) is 64.3 Å². The van der Waals surface area contributed by atoms with E-state index >= 15 is 0 Å². The molecule has 100 valence electrons. The lowest BCUT2D eigenvalue weighted by Gasteiger charge is -2.26. The average Bonchev–Trinajstić information content (AvgIpc) is 2.36. The van der Waals surface area contributed by atoms with Crippen LogP contribution < -0.4 is 10.5 Å². The Hall–Kier alpha value is -1.07. The lowest BCUT2D eigenvalue weighted by atomic mass is 10.1. The van der Waals surface area contributed by atoms with Crippen LogP contribution in [0.3, 0.4) is 0 Å². The van der Waals surface area contributed by atoms with Crippen molar-refractivity contribution in [1.29, 1.82) is 0 Å². The Morgan fingerprint density at radius 3 is 2.72 bits per heavy atom. The molecule has 2 rings (SSSR count). The molecule has 0 unspecified atom stereocenters. The minimum Gasteiger partial charge on any atom is -0.475 e. The van der Waals surface area contributed by atoms with Gasteiger partial charge in [0.15, 0.2) is 0 Å². The Morgan fingerprint density at radius 2 is 2.00 bits per heavy atom. The molecular weight excluding hydrogens is 252 g/mol. The van der Waals surface area contributed by atoms with E-state index in [1.54, 1.807) is 6.92 Å². The second-order valence-corrected chi connectivity index (χ2v) is 4.89. The van der Waals surface area contributed by atoms with E-state index < -0.39 is 0 Å². The molecular formula is C12H19ClN4O. The first kappa shape index (κ1) is 13.4. The molecule has 0 aromatic carbocycles. The summed E-state index contributed by atoms with van der Waals surface area (Å²) in [6, 6.07) is 0. The molecule has 0 aliphatic carbocycles. The Bertz CT molecular complexity index is 407. The zero-order valence-electron chi connectivity index (χ0n) is 10.7. The quantitative estimate of drug-likeness (QED) is 0.847. The van der Waals surface area contributed by atoms with Crippen LogP contribution in [0.5, 0.6) is 5.88 Å². The van der Waals surface area contributed by atoms with Crippen LogP contribution in [0.1, 0.15) is 25.0 Å². The van der Waals surface area contributed by atoms with Gasteiger partial charge in [-0.25, -0.2) is 4.98 Å². The molecule has 2 heterocycles. The number of halogens is 1. The molecule has 5 nitrogen and oxygen atoms in total. The van der Waals surface area contributed by atoms with Crippen molar-refractivity contribution in [2.24, 2.45) is 0 Å². The fourth-order valence-electron chi connectivity index (χ4n) is 2.09. The zero-order chi connectivity index (χ0) is 13.0. The summed E-state index contributed by atoms with van der Waals surface area (Å²) in [7, 11) is 0. The van der Waals surface area contributed by atoms with E-state index in [9.17, 15) is 0 Å². The highest BCUT2D eigenvalue weighted by molar-refractivity contribution is 6.28. The lowest BCUT2D eigenvalue weighted by molar-refractivity contribution is 0.181. The predicted octanol–water partition coefficient (Wildman–Crippen LogP) is 1.89. The third-order valence-electron chi connectivity index (χ3n) is 3.17. The van der Waals surface area contributed by atoms with Crippen LogP contribution in [0.25, 0.3) is 0 Å². The number of anilines is 1. The fraction of sp³-hybridized carbons (Fsp3) is 0.667. The number of likely N-dealkylation sites (tertiary alicyclic amines) is 1. The van der Waals surface area contributed by atoms with Gasteiger partial charge in [0.2, 0.25) is 11.2 Å². The third kappa shape index (κ3) is 3.46. The van der Waals surface area contributed by atoms with E-state index in [2.05, 4.69) is 14.9 Å². The SMILES string of the molecule is Cc1nc(Cl)nc(OCCN2CCCCC2)c1N. The number of aromatic nitrogens is 2. The van der Waals surface area contributed by atoms with Crippen LogP contribution in [-0.4, -0.2) is 41.1 Å². The molecule has 0 saturated carbocycles. The summed E-state index contributed by atoms with van der Waals surface area (Å²) in [5.74, 6) is 0.393. The number of piperidine rings is 1. The minimum absolute atomic E-state index is 0.176. The van der Waals surface area contributed by atoms with E-state index in [1.807, 2.05) is 0 Å². The van der Waals surface area contributed by atoms with E-state index in [-0.39, 0.29) is 5.28 Å². The number of hydrogen-bond donors (Lipinski definition) is 1. The number of ether oxygens (including phenoxy) is 1. The maximum Gasteiger partial charge on any atom is 0.241 e. The van der Waals surface area contributed by atoms with Crippen molar-refractivity contribution in [3.63, 3.8) is 0 Å². The van der Waals surface area contributed by atoms with Gasteiger partial charge in [0.25, 0.3) is 0 Å². The van der Waals surface area contributed by atoms with Crippen molar-refractivity contribution in [1.82, 2.24) is 14.9 Å². The van der Waals surface area contributed by atoms with Gasteiger partial charge in [-0.15, -0.1) is 0 Å². The second kappa shape index (κ2) is 6.20. The number of nitrogens with two attached hydrogens (primary N) is 1. The fourth-order valence-corrected chi connectivity index (χ4v) is 2.29. The van der Waals surface area contributed by atoms with Crippen molar-refractivity contribution >= 4 is 17.3 Å². The maximum absolute atomic E-state index is 5.85. The normalized spacial score (nSPS) is 16.8. The standard InChI is InChI=1S/C12H19ClN4O/c1-9-10(14)11(16-12(13)15-9)18-8-7-17-5-3-2-4-6-17/h2-8,14H2,1H3. The summed E-state index contributed by atoms with van der Waals surface area (Å²) in [5, 5.41) is 0.176. The highest BCUT2D eigenvalue weighted by atomic mass is 35.5. The largest absolute Gasteiger partial charge is 0.475 e. The first-order valence-corrected chi connectivity index (χ1v) is 6.69. The van der Waals surface area contributed by atoms with Crippen LogP contribution in [-0.2, 0) is 0 Å². The first-order chi connectivity index (χ1) is 8.66. The zero-order valence-corrected chi connectivity index (χ0v) is 11.4. The number of aryl methyl sites for hydroxylation is 1. The third-order valence-corrected chi connectivity index (χ3v) is 3.34. The van der Waals surface area contributed by atoms with E-state index in [0.717, 1.165) is 19.6 Å². The minimum atomic E-state index is 0.176. The molecule has 0 radical (unpaired) electrons. The van der Waals surface area contributed by atoms with Crippen LogP contribution in [0.2, 0.25) is 5.28 Å². The van der Waals surface area contributed by atoms with Gasteiger partial charge in [-0.1, -0.05) is 6.42 Å². The highest BCUT2D eigenvalue weighted by Crippen LogP contribution is 2.22. The molecule has 0 spiro atoms. The summed E-state index contributed by atoms with van der Waals surface area (Å²) < 4.78 is 5.60. The van der Waals surface area contributed by atoms with Crippen LogP contribution in [0.15, 0.2) is 0 Å². The Kier molecular flexibility index (Phi) is 4.60. The monoisotopic (exact) mass is 270 g/mol. The maximum atomic E-state index is 5.85. The summed E-state index contributed by atoms with van der Waals surface area (Å²) >= 11 is 5.78. The van der Waals surface area contributed by atoms with Gasteiger partial charge in [-0.3, -0.25) is 4.90 Å². The van der Waals surface area contributed by atoms with Crippen LogP contribution >= 0.6 is 11.6 Å². The molecule has 1 saturated heterocycles. The highest BCUT2D eigenvalue weighted by Gasteiger charge is 2.12. The Balaban J connectivity index is 1.86. The van der Waals surface area contributed by atoms with E-state index in [4.69, 9.17) is 22.1 Å². The Morgan fingerprint density at radius 1 is 1.28 bits per heavy atom. The van der Waals surface area contributed by atoms with E-state index in [1.165, 1.54) is 19.3 Å². The first-order valence-electron chi connectivity index (χ1n) is 6.31. The van der Waals surface area contributed by atoms with Gasteiger partial charge in [-0.05, 0) is 44.5 Å². The molecule has 1 fully saturated rings. The van der Waals surface area contributed by atoms with Gasteiger partial charge < -0.3 is 10.5 Å². The number of rotatable bonds is 4. The molecule has 0 bridgehead atoms. The van der Waals surface area contributed by atoms with Gasteiger partial charge in [0.1, 0.15) is 12.3 Å². The van der Waals surface area contributed by atoms with Crippen LogP contribution in [0, 0.1) is 6.92 Å². The molecule has 0 amide bonds. The number of hydrogen-bond acceptors (Lipinski definition) is 5. The smallest absolute Gasteiger partial charge is 0.241 e. The van der Waals surface area contributed by atoms with Crippen molar-refractivity contribution < 1.29 is 4.74 Å². The van der Waals surface area contributed by atoms with Gasteiger partial charge in [0.05, 0.1) is 5.69 Å². The molecule has 0 atom stereocenters. The van der Waals surface area contributed by atoms with Crippen molar-refractivity contribution in [2.45, 2.75) is 26.2 Å². The predicted molar refractivity (Wildman–Crippen MR) is 72.0 cm³/mol. The van der Waals surface area contributed by atoms with E-state index in [0.29, 0.717) is 23.9 Å². The van der Waals surface area contributed by atoms with Crippen molar-refractivity contribution in [2.75, 3.05) is 32.0 Å². The van der Waals surface area contributed by atoms with Crippen molar-refractivity contribution in [3.8, 4) is 5.88 Å². The Labute approximate surface area is 112 Å². The molecule has 6 heteroatoms. The molecule has 2 N–H and O–H groups in total. The van der Waals surface area contributed by atoms with Gasteiger partial charge in [0, 0.05) is 6.54 Å². The average molecular weight is 271 g/mol. The van der Waals surface area contributed by atoms with Crippen molar-refractivity contribution in [3.05, 3.63) is 11.0 Å². The summed E-state index contributed by atoms with van der Waals surface area (Å²) in [6.45, 7) is 5.59. The van der Waals surface area contributed by atoms with Crippen LogP contribution in [0.4, 0.5) is 5.69 Å². The number of nitrogen functional groups attached to an aromatic ring is 1. The lowest BCUT2D eigenvalue weighted by Crippen LogP contribution is -2.33. The summed E-state index contributed by atoms with van der Waals surface area (Å²) in [4.78, 5) is 10.4. The summed E-state index contributed by atoms with van der Waals surface area (Å²) in [5.41, 5.74) is 6.97. The molecule has 1 aromatic rings. The second-order valence-electron chi connectivity index (χ2n) is 4.55. The molecule has 1 aromatic heterocycles. The van der Waals surface area contributed by atoms with Gasteiger partial charge in [-0.2, -0.15) is 4.98 Å².